The van der Waals surface area contributed by atoms with Gasteiger partial charge >= 0.3 is 6.03 Å². The molecule has 1 aliphatic carbocycles. The number of carbonyl (C=O) groups excluding carboxylic acids is 3. The van der Waals surface area contributed by atoms with Gasteiger partial charge in [-0.15, -0.1) is 6.42 Å². The highest BCUT2D eigenvalue weighted by Crippen LogP contribution is 2.46. The maximum absolute atomic E-state index is 14.4. The number of rotatable bonds is 8. The van der Waals surface area contributed by atoms with E-state index in [1.807, 2.05) is 25.1 Å². The van der Waals surface area contributed by atoms with Crippen LogP contribution in [0, 0.1) is 18.2 Å². The normalized spacial score (nSPS) is 19.1. The first-order valence-electron chi connectivity index (χ1n) is 17.1. The van der Waals surface area contributed by atoms with E-state index in [0.29, 0.717) is 41.2 Å². The van der Waals surface area contributed by atoms with Crippen molar-refractivity contribution in [1.29, 1.82) is 0 Å². The van der Waals surface area contributed by atoms with Gasteiger partial charge in [-0.1, -0.05) is 37.4 Å². The molecule has 3 aromatic carbocycles. The van der Waals surface area contributed by atoms with E-state index in [4.69, 9.17) is 41.8 Å². The number of anilines is 2. The van der Waals surface area contributed by atoms with E-state index in [1.54, 1.807) is 38.3 Å². The molecular formula is C40H43ClFN3O8. The first-order chi connectivity index (χ1) is 25.1. The zero-order chi connectivity index (χ0) is 38.7. The molecule has 1 N–H and O–H groups in total. The largest absolute Gasteiger partial charge is 0.476 e. The van der Waals surface area contributed by atoms with Crippen LogP contribution < -0.4 is 24.4 Å². The Morgan fingerprint density at radius 2 is 1.64 bits per heavy atom. The maximum Gasteiger partial charge on any atom is 0.345 e. The van der Waals surface area contributed by atoms with E-state index in [2.05, 4.69) is 25.1 Å². The fraction of sp³-hybridized carbons (Fsp3) is 0.375. The monoisotopic (exact) mass is 747 g/mol. The average molecular weight is 748 g/mol. The van der Waals surface area contributed by atoms with E-state index in [9.17, 15) is 18.8 Å². The van der Waals surface area contributed by atoms with E-state index >= 15 is 0 Å². The van der Waals surface area contributed by atoms with Crippen LogP contribution in [0.2, 0.25) is 5.02 Å². The van der Waals surface area contributed by atoms with Crippen molar-refractivity contribution in [3.05, 3.63) is 82.1 Å². The molecule has 53 heavy (non-hydrogen) atoms. The number of halogens is 2. The number of hydrogen-bond acceptors (Lipinski definition) is 8. The predicted octanol–water partition coefficient (Wildman–Crippen LogP) is 8.55. The van der Waals surface area contributed by atoms with Crippen molar-refractivity contribution < 1.29 is 42.6 Å². The summed E-state index contributed by atoms with van der Waals surface area (Å²) in [6.07, 6.45) is 8.23. The Morgan fingerprint density at radius 3 is 2.23 bits per heavy atom. The SMILES string of the molecule is C#CC(C)Oc1cc(N2C(=O)C3=C(CCCC3)C2=O)c(F)cc1Cl.CON(C)C(=O)Nc1ccc(Oc2ccc3c(c2)OC(C)(OC)CC3(C)C)cc1. The molecule has 0 saturated carbocycles. The number of ether oxygens (including phenoxy) is 4. The summed E-state index contributed by atoms with van der Waals surface area (Å²) in [4.78, 5) is 42.6. The lowest BCUT2D eigenvalue weighted by Gasteiger charge is -2.43. The Kier molecular flexibility index (Phi) is 11.7. The maximum atomic E-state index is 14.4. The Labute approximate surface area is 313 Å². The summed E-state index contributed by atoms with van der Waals surface area (Å²) in [6, 6.07) is 14.9. The first-order valence-corrected chi connectivity index (χ1v) is 17.5. The second kappa shape index (κ2) is 15.9. The van der Waals surface area contributed by atoms with Crippen molar-refractivity contribution in [2.45, 2.75) is 77.1 Å². The zero-order valence-corrected chi connectivity index (χ0v) is 31.6. The van der Waals surface area contributed by atoms with Crippen LogP contribution in [0.5, 0.6) is 23.0 Å². The lowest BCUT2D eigenvalue weighted by Crippen LogP contribution is -2.45. The highest BCUT2D eigenvalue weighted by Gasteiger charge is 2.43. The summed E-state index contributed by atoms with van der Waals surface area (Å²) in [5.41, 5.74) is 2.49. The van der Waals surface area contributed by atoms with Gasteiger partial charge in [0.1, 0.15) is 28.8 Å². The predicted molar refractivity (Wildman–Crippen MR) is 199 cm³/mol. The number of methoxy groups -OCH3 is 1. The van der Waals surface area contributed by atoms with Crippen molar-refractivity contribution in [3.8, 4) is 35.3 Å². The van der Waals surface area contributed by atoms with Gasteiger partial charge in [-0.25, -0.2) is 19.1 Å². The van der Waals surface area contributed by atoms with Gasteiger partial charge in [-0.3, -0.25) is 14.4 Å². The number of hydrogen-bond donors (Lipinski definition) is 1. The van der Waals surface area contributed by atoms with Crippen molar-refractivity contribution >= 4 is 40.8 Å². The minimum Gasteiger partial charge on any atom is -0.476 e. The first kappa shape index (κ1) is 39.1. The summed E-state index contributed by atoms with van der Waals surface area (Å²) in [5, 5.41) is 3.85. The molecule has 2 heterocycles. The van der Waals surface area contributed by atoms with Gasteiger partial charge < -0.3 is 24.3 Å². The Morgan fingerprint density at radius 1 is 1.02 bits per heavy atom. The molecule has 3 aromatic rings. The number of nitrogens with one attached hydrogen (secondary N) is 1. The molecule has 0 radical (unpaired) electrons. The number of urea groups is 1. The Hall–Kier alpha value is -5.09. The average Bonchev–Trinajstić information content (AvgIpc) is 3.38. The molecule has 6 rings (SSSR count). The standard InChI is InChI=1S/C22H28N2O5.C18H15ClFNO3/c1-21(2)14-22(3,26-5)29-19-13-17(11-12-18(19)21)28-16-9-7-15(8-10-16)23-20(25)24(4)27-6;1-3-10(2)24-16-9-15(14(20)8-13(16)19)21-17(22)11-6-4-5-7-12(11)18(21)23/h7-13H,14H2,1-6H3,(H,23,25);1,8-10H,4-7H2,2H3. The summed E-state index contributed by atoms with van der Waals surface area (Å²) in [7, 11) is 4.61. The topological polar surface area (TPSA) is 116 Å². The van der Waals surface area contributed by atoms with Crippen molar-refractivity contribution in [2.75, 3.05) is 31.5 Å². The van der Waals surface area contributed by atoms with Crippen LogP contribution in [0.1, 0.15) is 65.4 Å². The highest BCUT2D eigenvalue weighted by molar-refractivity contribution is 6.34. The van der Waals surface area contributed by atoms with Gasteiger partial charge in [0.15, 0.2) is 6.10 Å². The Balaban J connectivity index is 0.000000208. The molecule has 2 aliphatic heterocycles. The van der Waals surface area contributed by atoms with Gasteiger partial charge in [0.05, 0.1) is 17.8 Å². The van der Waals surface area contributed by atoms with Crippen LogP contribution in [0.15, 0.2) is 65.7 Å². The lowest BCUT2D eigenvalue weighted by molar-refractivity contribution is -0.172. The molecule has 280 valence electrons. The van der Waals surface area contributed by atoms with Crippen LogP contribution >= 0.6 is 11.6 Å². The van der Waals surface area contributed by atoms with Crippen LogP contribution in [-0.4, -0.2) is 56.1 Å². The molecule has 11 nitrogen and oxygen atoms in total. The molecule has 3 aliphatic rings. The van der Waals surface area contributed by atoms with Crippen LogP contribution in [0.25, 0.3) is 0 Å². The number of amides is 4. The number of benzene rings is 3. The third-order valence-corrected chi connectivity index (χ3v) is 9.57. The van der Waals surface area contributed by atoms with Crippen molar-refractivity contribution in [3.63, 3.8) is 0 Å². The Bertz CT molecular complexity index is 1950. The van der Waals surface area contributed by atoms with Gasteiger partial charge in [0.25, 0.3) is 11.8 Å². The molecule has 2 atom stereocenters. The summed E-state index contributed by atoms with van der Waals surface area (Å²) in [5.74, 6) is 2.20. The van der Waals surface area contributed by atoms with Gasteiger partial charge in [0.2, 0.25) is 5.79 Å². The summed E-state index contributed by atoms with van der Waals surface area (Å²) < 4.78 is 37.5. The fourth-order valence-electron chi connectivity index (χ4n) is 6.48. The highest BCUT2D eigenvalue weighted by atomic mass is 35.5. The third kappa shape index (κ3) is 8.60. The molecule has 13 heteroatoms. The molecule has 0 saturated heterocycles. The van der Waals surface area contributed by atoms with Gasteiger partial charge in [-0.2, -0.15) is 0 Å². The molecule has 0 aromatic heterocycles. The molecule has 0 fully saturated rings. The number of fused-ring (bicyclic) bond motifs is 1. The quantitative estimate of drug-likeness (QED) is 0.139. The number of nitrogens with zero attached hydrogens (tertiary/aromatic N) is 2. The second-order valence-electron chi connectivity index (χ2n) is 13.7. The lowest BCUT2D eigenvalue weighted by atomic mass is 9.76. The summed E-state index contributed by atoms with van der Waals surface area (Å²) >= 11 is 5.97. The number of carbonyl (C=O) groups is 3. The van der Waals surface area contributed by atoms with Crippen molar-refractivity contribution in [1.82, 2.24) is 5.06 Å². The molecule has 0 bridgehead atoms. The number of imide groups is 1. The minimum atomic E-state index is -0.762. The van der Waals surface area contributed by atoms with E-state index in [0.717, 1.165) is 46.6 Å². The fourth-order valence-corrected chi connectivity index (χ4v) is 6.68. The molecule has 2 unspecified atom stereocenters. The second-order valence-corrected chi connectivity index (χ2v) is 14.1. The van der Waals surface area contributed by atoms with Crippen LogP contribution in [-0.2, 0) is 24.6 Å². The van der Waals surface area contributed by atoms with Crippen LogP contribution in [0.4, 0.5) is 20.6 Å². The zero-order valence-electron chi connectivity index (χ0n) is 30.8. The molecular weight excluding hydrogens is 705 g/mol. The van der Waals surface area contributed by atoms with E-state index < -0.39 is 29.5 Å². The number of hydroxylamine groups is 2. The smallest absolute Gasteiger partial charge is 0.345 e. The van der Waals surface area contributed by atoms with E-state index in [1.165, 1.54) is 20.2 Å². The number of terminal acetylenes is 1. The van der Waals surface area contributed by atoms with Crippen LogP contribution in [0.3, 0.4) is 0 Å². The van der Waals surface area contributed by atoms with Gasteiger partial charge in [-0.05, 0) is 74.4 Å². The molecule has 0 spiro atoms. The third-order valence-electron chi connectivity index (χ3n) is 9.28. The molecule has 4 amide bonds. The summed E-state index contributed by atoms with van der Waals surface area (Å²) in [6.45, 7) is 7.94. The van der Waals surface area contributed by atoms with Crippen molar-refractivity contribution in [2.24, 2.45) is 0 Å². The van der Waals surface area contributed by atoms with Gasteiger partial charge in [0, 0.05) is 62.0 Å². The van der Waals surface area contributed by atoms with E-state index in [-0.39, 0.29) is 27.9 Å². The minimum absolute atomic E-state index is 0.0233.